The Labute approximate surface area is 186 Å². The third kappa shape index (κ3) is 3.81. The van der Waals surface area contributed by atoms with Crippen molar-refractivity contribution >= 4 is 39.0 Å². The van der Waals surface area contributed by atoms with Gasteiger partial charge in [-0.25, -0.2) is 9.97 Å². The molecule has 156 valence electrons. The van der Waals surface area contributed by atoms with Gasteiger partial charge in [-0.05, 0) is 60.6 Å². The number of hydrogen-bond donors (Lipinski definition) is 1. The molecule has 1 aliphatic rings. The Morgan fingerprint density at radius 2 is 1.77 bits per heavy atom. The molecule has 0 bridgehead atoms. The summed E-state index contributed by atoms with van der Waals surface area (Å²) in [6, 6.07) is 18.4. The quantitative estimate of drug-likeness (QED) is 0.385. The number of anilines is 1. The molecule has 0 atom stereocenters. The van der Waals surface area contributed by atoms with E-state index in [1.807, 2.05) is 36.6 Å². The van der Waals surface area contributed by atoms with E-state index in [4.69, 9.17) is 14.7 Å². The van der Waals surface area contributed by atoms with E-state index in [0.29, 0.717) is 0 Å². The third-order valence-corrected chi connectivity index (χ3v) is 6.99. The minimum absolute atomic E-state index is 0.748. The van der Waals surface area contributed by atoms with Gasteiger partial charge in [-0.15, -0.1) is 11.3 Å². The predicted molar refractivity (Wildman–Crippen MR) is 130 cm³/mol. The van der Waals surface area contributed by atoms with Gasteiger partial charge in [0.15, 0.2) is 5.82 Å². The van der Waals surface area contributed by atoms with E-state index in [-0.39, 0.29) is 0 Å². The Kier molecular flexibility index (Phi) is 5.43. The molecular formula is C26H25N3OS. The van der Waals surface area contributed by atoms with E-state index in [9.17, 15) is 0 Å². The number of nitrogens with zero attached hydrogens (tertiary/aromatic N) is 2. The number of aryl methyl sites for hydroxylation is 2. The van der Waals surface area contributed by atoms with E-state index >= 15 is 0 Å². The van der Waals surface area contributed by atoms with Crippen LogP contribution < -0.4 is 10.1 Å². The van der Waals surface area contributed by atoms with Crippen molar-refractivity contribution in [3.8, 4) is 5.75 Å². The van der Waals surface area contributed by atoms with E-state index in [0.717, 1.165) is 51.8 Å². The summed E-state index contributed by atoms with van der Waals surface area (Å²) in [5, 5.41) is 4.55. The van der Waals surface area contributed by atoms with Gasteiger partial charge in [0.1, 0.15) is 16.4 Å². The highest BCUT2D eigenvalue weighted by molar-refractivity contribution is 7.19. The van der Waals surface area contributed by atoms with Crippen LogP contribution in [0.5, 0.6) is 5.75 Å². The zero-order chi connectivity index (χ0) is 21.2. The standard InChI is InChI=1S/C26H25N3OS/c1-27-25-23-20-10-6-7-11-22(20)31-26(23)29-24(28-25)21(18-8-4-3-5-9-18)16-17-12-14-19(30-2)15-13-17/h3-5,8-9,12-16H,6-7,10-11H2,1-2H3,(H,27,28,29)/b21-16+. The SMILES string of the molecule is CNc1nc(/C(=C/c2ccc(OC)cc2)c2ccccc2)nc2sc3c(c12)CCCC3. The average Bonchev–Trinajstić information content (AvgIpc) is 3.21. The molecule has 0 saturated heterocycles. The van der Waals surface area contributed by atoms with Crippen molar-refractivity contribution in [3.05, 3.63) is 82.0 Å². The van der Waals surface area contributed by atoms with Crippen LogP contribution in [0.3, 0.4) is 0 Å². The number of thiophene rings is 1. The topological polar surface area (TPSA) is 47.0 Å². The molecule has 5 rings (SSSR count). The van der Waals surface area contributed by atoms with Crippen molar-refractivity contribution in [1.29, 1.82) is 0 Å². The first-order valence-electron chi connectivity index (χ1n) is 10.7. The van der Waals surface area contributed by atoms with Gasteiger partial charge >= 0.3 is 0 Å². The summed E-state index contributed by atoms with van der Waals surface area (Å²) in [5.74, 6) is 2.52. The van der Waals surface area contributed by atoms with E-state index in [1.54, 1.807) is 7.11 Å². The molecule has 0 saturated carbocycles. The highest BCUT2D eigenvalue weighted by atomic mass is 32.1. The Morgan fingerprint density at radius 1 is 1.00 bits per heavy atom. The lowest BCUT2D eigenvalue weighted by atomic mass is 9.97. The Morgan fingerprint density at radius 3 is 2.52 bits per heavy atom. The molecule has 4 aromatic rings. The van der Waals surface area contributed by atoms with Crippen molar-refractivity contribution in [1.82, 2.24) is 9.97 Å². The molecule has 2 aromatic carbocycles. The van der Waals surface area contributed by atoms with Crippen LogP contribution in [0.4, 0.5) is 5.82 Å². The highest BCUT2D eigenvalue weighted by Gasteiger charge is 2.22. The van der Waals surface area contributed by atoms with Crippen LogP contribution in [-0.2, 0) is 12.8 Å². The number of methoxy groups -OCH3 is 1. The smallest absolute Gasteiger partial charge is 0.163 e. The first-order valence-corrected chi connectivity index (χ1v) is 11.5. The maximum atomic E-state index is 5.31. The molecule has 2 heterocycles. The number of benzene rings is 2. The number of fused-ring (bicyclic) bond motifs is 3. The van der Waals surface area contributed by atoms with Gasteiger partial charge < -0.3 is 10.1 Å². The van der Waals surface area contributed by atoms with Crippen LogP contribution in [0, 0.1) is 0 Å². The molecule has 1 aliphatic carbocycles. The number of nitrogens with one attached hydrogen (secondary N) is 1. The summed E-state index contributed by atoms with van der Waals surface area (Å²) < 4.78 is 5.31. The van der Waals surface area contributed by atoms with Crippen LogP contribution in [0.25, 0.3) is 21.9 Å². The van der Waals surface area contributed by atoms with E-state index in [2.05, 4.69) is 47.8 Å². The van der Waals surface area contributed by atoms with Crippen LogP contribution in [0.1, 0.15) is 40.2 Å². The molecule has 2 aromatic heterocycles. The molecule has 0 aliphatic heterocycles. The molecule has 4 nitrogen and oxygen atoms in total. The van der Waals surface area contributed by atoms with Crippen molar-refractivity contribution in [2.24, 2.45) is 0 Å². The van der Waals surface area contributed by atoms with Gasteiger partial charge in [0, 0.05) is 17.5 Å². The van der Waals surface area contributed by atoms with Crippen LogP contribution >= 0.6 is 11.3 Å². The fourth-order valence-corrected chi connectivity index (χ4v) is 5.48. The lowest BCUT2D eigenvalue weighted by molar-refractivity contribution is 0.415. The molecule has 0 unspecified atom stereocenters. The largest absolute Gasteiger partial charge is 0.497 e. The van der Waals surface area contributed by atoms with Crippen LogP contribution in [0.15, 0.2) is 54.6 Å². The van der Waals surface area contributed by atoms with Crippen molar-refractivity contribution < 1.29 is 4.74 Å². The minimum Gasteiger partial charge on any atom is -0.497 e. The average molecular weight is 428 g/mol. The summed E-state index contributed by atoms with van der Waals surface area (Å²) in [6.07, 6.45) is 6.95. The fourth-order valence-electron chi connectivity index (χ4n) is 4.22. The molecule has 0 spiro atoms. The first kappa shape index (κ1) is 19.8. The lowest BCUT2D eigenvalue weighted by Gasteiger charge is -2.13. The summed E-state index contributed by atoms with van der Waals surface area (Å²) in [5.41, 5.74) is 4.64. The Hall–Kier alpha value is -3.18. The van der Waals surface area contributed by atoms with E-state index in [1.165, 1.54) is 28.7 Å². The fraction of sp³-hybridized carbons (Fsp3) is 0.231. The van der Waals surface area contributed by atoms with Crippen molar-refractivity contribution in [2.75, 3.05) is 19.5 Å². The third-order valence-electron chi connectivity index (χ3n) is 5.80. The van der Waals surface area contributed by atoms with Crippen molar-refractivity contribution in [3.63, 3.8) is 0 Å². The lowest BCUT2D eigenvalue weighted by Crippen LogP contribution is -2.03. The zero-order valence-corrected chi connectivity index (χ0v) is 18.6. The summed E-state index contributed by atoms with van der Waals surface area (Å²) in [4.78, 5) is 12.6. The molecule has 31 heavy (non-hydrogen) atoms. The van der Waals surface area contributed by atoms with Gasteiger partial charge in [-0.2, -0.15) is 0 Å². The van der Waals surface area contributed by atoms with E-state index < -0.39 is 0 Å². The molecule has 0 radical (unpaired) electrons. The molecule has 0 fully saturated rings. The van der Waals surface area contributed by atoms with Crippen LogP contribution in [0.2, 0.25) is 0 Å². The summed E-state index contributed by atoms with van der Waals surface area (Å²) in [7, 11) is 3.64. The molecular weight excluding hydrogens is 402 g/mol. The maximum Gasteiger partial charge on any atom is 0.163 e. The summed E-state index contributed by atoms with van der Waals surface area (Å²) >= 11 is 1.83. The van der Waals surface area contributed by atoms with Gasteiger partial charge in [0.2, 0.25) is 0 Å². The second-order valence-electron chi connectivity index (χ2n) is 7.73. The Bertz CT molecular complexity index is 1240. The number of aromatic nitrogens is 2. The monoisotopic (exact) mass is 427 g/mol. The normalized spacial score (nSPS) is 13.8. The van der Waals surface area contributed by atoms with Gasteiger partial charge in [-0.3, -0.25) is 0 Å². The van der Waals surface area contributed by atoms with Gasteiger partial charge in [0.25, 0.3) is 0 Å². The highest BCUT2D eigenvalue weighted by Crippen LogP contribution is 2.39. The molecule has 1 N–H and O–H groups in total. The minimum atomic E-state index is 0.748. The van der Waals surface area contributed by atoms with Crippen LogP contribution in [-0.4, -0.2) is 24.1 Å². The first-order chi connectivity index (χ1) is 15.3. The van der Waals surface area contributed by atoms with Gasteiger partial charge in [0.05, 0.1) is 12.5 Å². The predicted octanol–water partition coefficient (Wildman–Crippen LogP) is 6.21. The number of ether oxygens (including phenoxy) is 1. The second-order valence-corrected chi connectivity index (χ2v) is 8.82. The molecule has 5 heteroatoms. The molecule has 0 amide bonds. The van der Waals surface area contributed by atoms with Gasteiger partial charge in [-0.1, -0.05) is 42.5 Å². The maximum absolute atomic E-state index is 5.31. The number of hydrogen-bond acceptors (Lipinski definition) is 5. The number of rotatable bonds is 5. The zero-order valence-electron chi connectivity index (χ0n) is 17.8. The second kappa shape index (κ2) is 8.52. The van der Waals surface area contributed by atoms with Crippen molar-refractivity contribution in [2.45, 2.75) is 25.7 Å². The Balaban J connectivity index is 1.69. The summed E-state index contributed by atoms with van der Waals surface area (Å²) in [6.45, 7) is 0.